The van der Waals surface area contributed by atoms with E-state index >= 15 is 0 Å². The molecule has 1 aliphatic carbocycles. The lowest BCUT2D eigenvalue weighted by molar-refractivity contribution is 0.131. The molecule has 2 rings (SSSR count). The lowest BCUT2D eigenvalue weighted by atomic mass is 9.67. The molecule has 0 radical (unpaired) electrons. The Balaban J connectivity index is 1.67. The van der Waals surface area contributed by atoms with Crippen LogP contribution in [0.4, 0.5) is 0 Å². The van der Waals surface area contributed by atoms with Gasteiger partial charge in [-0.1, -0.05) is 13.3 Å². The van der Waals surface area contributed by atoms with Crippen LogP contribution in [0.25, 0.3) is 0 Å². The Morgan fingerprint density at radius 1 is 1.25 bits per heavy atom. The maximum Gasteiger partial charge on any atom is 0.191 e. The SMILES string of the molecule is CCC1(CNC(=NC)NCC2CCN(C)CC2)CCC1. The Morgan fingerprint density at radius 3 is 2.45 bits per heavy atom. The van der Waals surface area contributed by atoms with Gasteiger partial charge in [0.1, 0.15) is 0 Å². The second kappa shape index (κ2) is 7.30. The second-order valence-electron chi connectivity index (χ2n) is 6.76. The minimum Gasteiger partial charge on any atom is -0.356 e. The van der Waals surface area contributed by atoms with E-state index in [1.807, 2.05) is 7.05 Å². The third kappa shape index (κ3) is 4.11. The number of hydrogen-bond donors (Lipinski definition) is 2. The average Bonchev–Trinajstić information content (AvgIpc) is 2.43. The average molecular weight is 280 g/mol. The molecule has 0 aromatic rings. The summed E-state index contributed by atoms with van der Waals surface area (Å²) in [5, 5.41) is 7.06. The van der Waals surface area contributed by atoms with Gasteiger partial charge in [-0.15, -0.1) is 0 Å². The Labute approximate surface area is 124 Å². The van der Waals surface area contributed by atoms with Crippen LogP contribution in [0.1, 0.15) is 45.4 Å². The zero-order valence-electron chi connectivity index (χ0n) is 13.5. The maximum atomic E-state index is 4.37. The molecule has 0 aromatic heterocycles. The Kier molecular flexibility index (Phi) is 5.70. The number of likely N-dealkylation sites (tertiary alicyclic amines) is 1. The van der Waals surface area contributed by atoms with E-state index in [4.69, 9.17) is 0 Å². The van der Waals surface area contributed by atoms with Crippen LogP contribution in [0.15, 0.2) is 4.99 Å². The molecule has 1 saturated heterocycles. The van der Waals surface area contributed by atoms with Crippen molar-refractivity contribution in [2.24, 2.45) is 16.3 Å². The highest BCUT2D eigenvalue weighted by molar-refractivity contribution is 5.79. The van der Waals surface area contributed by atoms with Gasteiger partial charge in [0.05, 0.1) is 0 Å². The van der Waals surface area contributed by atoms with Gasteiger partial charge in [0.2, 0.25) is 0 Å². The van der Waals surface area contributed by atoms with Crippen molar-refractivity contribution in [2.75, 3.05) is 40.3 Å². The minimum absolute atomic E-state index is 0.547. The number of piperidine rings is 1. The molecule has 2 aliphatic rings. The lowest BCUT2D eigenvalue weighted by Crippen LogP contribution is -2.47. The van der Waals surface area contributed by atoms with E-state index in [1.54, 1.807) is 0 Å². The summed E-state index contributed by atoms with van der Waals surface area (Å²) in [6.07, 6.45) is 8.05. The van der Waals surface area contributed by atoms with Crippen LogP contribution in [0.2, 0.25) is 0 Å². The summed E-state index contributed by atoms with van der Waals surface area (Å²) in [5.74, 6) is 1.79. The molecule has 0 amide bonds. The first-order valence-corrected chi connectivity index (χ1v) is 8.30. The first-order valence-electron chi connectivity index (χ1n) is 8.30. The van der Waals surface area contributed by atoms with Gasteiger partial charge in [0.15, 0.2) is 5.96 Å². The molecule has 1 aliphatic heterocycles. The normalized spacial score (nSPS) is 24.2. The van der Waals surface area contributed by atoms with Crippen molar-refractivity contribution in [3.8, 4) is 0 Å². The van der Waals surface area contributed by atoms with Gasteiger partial charge in [0, 0.05) is 20.1 Å². The molecule has 2 fully saturated rings. The van der Waals surface area contributed by atoms with E-state index < -0.39 is 0 Å². The third-order valence-corrected chi connectivity index (χ3v) is 5.41. The summed E-state index contributed by atoms with van der Waals surface area (Å²) in [7, 11) is 4.09. The Hall–Kier alpha value is -0.770. The molecule has 116 valence electrons. The number of guanidine groups is 1. The molecule has 1 saturated carbocycles. The predicted octanol–water partition coefficient (Wildman–Crippen LogP) is 2.07. The van der Waals surface area contributed by atoms with Crippen LogP contribution < -0.4 is 10.6 Å². The van der Waals surface area contributed by atoms with E-state index in [9.17, 15) is 0 Å². The second-order valence-corrected chi connectivity index (χ2v) is 6.76. The van der Waals surface area contributed by atoms with E-state index in [1.165, 1.54) is 51.6 Å². The highest BCUT2D eigenvalue weighted by Crippen LogP contribution is 2.42. The van der Waals surface area contributed by atoms with Crippen LogP contribution in [0.5, 0.6) is 0 Å². The smallest absolute Gasteiger partial charge is 0.191 e. The van der Waals surface area contributed by atoms with Crippen molar-refractivity contribution in [3.05, 3.63) is 0 Å². The van der Waals surface area contributed by atoms with Crippen molar-refractivity contribution >= 4 is 5.96 Å². The molecule has 20 heavy (non-hydrogen) atoms. The van der Waals surface area contributed by atoms with Crippen LogP contribution in [0, 0.1) is 11.3 Å². The molecular formula is C16H32N4. The summed E-state index contributed by atoms with van der Waals surface area (Å²) >= 11 is 0. The number of hydrogen-bond acceptors (Lipinski definition) is 2. The number of nitrogens with one attached hydrogen (secondary N) is 2. The molecule has 4 heteroatoms. The summed E-state index contributed by atoms with van der Waals surface area (Å²) < 4.78 is 0. The van der Waals surface area contributed by atoms with E-state index in [2.05, 4.69) is 34.5 Å². The molecule has 0 spiro atoms. The van der Waals surface area contributed by atoms with Crippen LogP contribution in [-0.2, 0) is 0 Å². The minimum atomic E-state index is 0.547. The fourth-order valence-corrected chi connectivity index (χ4v) is 3.33. The molecular weight excluding hydrogens is 248 g/mol. The molecule has 0 atom stereocenters. The van der Waals surface area contributed by atoms with Crippen LogP contribution >= 0.6 is 0 Å². The number of rotatable bonds is 5. The van der Waals surface area contributed by atoms with Gasteiger partial charge in [-0.2, -0.15) is 0 Å². The molecule has 2 N–H and O–H groups in total. The molecule has 0 bridgehead atoms. The van der Waals surface area contributed by atoms with Gasteiger partial charge in [-0.05, 0) is 63.6 Å². The molecule has 0 unspecified atom stereocenters. The number of nitrogens with zero attached hydrogens (tertiary/aromatic N) is 2. The van der Waals surface area contributed by atoms with Crippen LogP contribution in [-0.4, -0.2) is 51.1 Å². The largest absolute Gasteiger partial charge is 0.356 e. The molecule has 0 aromatic carbocycles. The Bertz CT molecular complexity index is 309. The van der Waals surface area contributed by atoms with Gasteiger partial charge in [-0.3, -0.25) is 4.99 Å². The van der Waals surface area contributed by atoms with Crippen molar-refractivity contribution < 1.29 is 0 Å². The Morgan fingerprint density at radius 2 is 1.95 bits per heavy atom. The lowest BCUT2D eigenvalue weighted by Gasteiger charge is -2.41. The van der Waals surface area contributed by atoms with E-state index in [0.717, 1.165) is 25.0 Å². The van der Waals surface area contributed by atoms with Gasteiger partial charge >= 0.3 is 0 Å². The summed E-state index contributed by atoms with van der Waals surface area (Å²) in [5.41, 5.74) is 0.547. The standard InChI is InChI=1S/C16H32N4/c1-4-16(8-5-9-16)13-19-15(17-2)18-12-14-6-10-20(3)11-7-14/h14H,4-13H2,1-3H3,(H2,17,18,19). The quantitative estimate of drug-likeness (QED) is 0.598. The fourth-order valence-electron chi connectivity index (χ4n) is 3.33. The third-order valence-electron chi connectivity index (χ3n) is 5.41. The zero-order valence-corrected chi connectivity index (χ0v) is 13.5. The van der Waals surface area contributed by atoms with Gasteiger partial charge < -0.3 is 15.5 Å². The summed E-state index contributed by atoms with van der Waals surface area (Å²) in [4.78, 5) is 6.79. The van der Waals surface area contributed by atoms with Crippen molar-refractivity contribution in [1.29, 1.82) is 0 Å². The van der Waals surface area contributed by atoms with Gasteiger partial charge in [-0.25, -0.2) is 0 Å². The predicted molar refractivity (Wildman–Crippen MR) is 86.2 cm³/mol. The molecule has 1 heterocycles. The maximum absolute atomic E-state index is 4.37. The monoisotopic (exact) mass is 280 g/mol. The number of aliphatic imine (C=N–C) groups is 1. The summed E-state index contributed by atoms with van der Waals surface area (Å²) in [6.45, 7) is 6.92. The van der Waals surface area contributed by atoms with Gasteiger partial charge in [0.25, 0.3) is 0 Å². The van der Waals surface area contributed by atoms with Crippen molar-refractivity contribution in [2.45, 2.75) is 45.4 Å². The highest BCUT2D eigenvalue weighted by Gasteiger charge is 2.34. The highest BCUT2D eigenvalue weighted by atomic mass is 15.2. The van der Waals surface area contributed by atoms with E-state index in [-0.39, 0.29) is 0 Å². The first-order chi connectivity index (χ1) is 9.67. The van der Waals surface area contributed by atoms with Crippen LogP contribution in [0.3, 0.4) is 0 Å². The summed E-state index contributed by atoms with van der Waals surface area (Å²) in [6, 6.07) is 0. The van der Waals surface area contributed by atoms with E-state index in [0.29, 0.717) is 5.41 Å². The topological polar surface area (TPSA) is 39.7 Å². The van der Waals surface area contributed by atoms with Crippen molar-refractivity contribution in [3.63, 3.8) is 0 Å². The first kappa shape index (κ1) is 15.6. The zero-order chi connectivity index (χ0) is 14.4. The molecule has 4 nitrogen and oxygen atoms in total. The fraction of sp³-hybridized carbons (Fsp3) is 0.938. The van der Waals surface area contributed by atoms with Crippen molar-refractivity contribution in [1.82, 2.24) is 15.5 Å².